The number of fused-ring (bicyclic) bond motifs is 3. The van der Waals surface area contributed by atoms with Crippen LogP contribution in [0.2, 0.25) is 0 Å². The highest BCUT2D eigenvalue weighted by Gasteiger charge is 2.30. The van der Waals surface area contributed by atoms with Crippen LogP contribution in [-0.4, -0.2) is 46.0 Å². The molecule has 11 nitrogen and oxygen atoms in total. The molecule has 8 rings (SSSR count). The average molecular weight is 608 g/mol. The number of anilines is 1. The van der Waals surface area contributed by atoms with Crippen molar-refractivity contribution in [3.8, 4) is 22.9 Å². The summed E-state index contributed by atoms with van der Waals surface area (Å²) in [6.07, 6.45) is 8.10. The molecule has 1 aliphatic carbocycles. The number of nitrogens with one attached hydrogen (secondary N) is 1. The minimum atomic E-state index is -0.143. The van der Waals surface area contributed by atoms with Crippen LogP contribution >= 0.6 is 0 Å². The number of hydrogen-bond donors (Lipinski definition) is 2. The molecule has 11 heteroatoms. The summed E-state index contributed by atoms with van der Waals surface area (Å²) < 4.78 is 3.72. The Morgan fingerprint density at radius 1 is 0.978 bits per heavy atom. The van der Waals surface area contributed by atoms with Gasteiger partial charge >= 0.3 is 0 Å². The van der Waals surface area contributed by atoms with Gasteiger partial charge in [-0.15, -0.1) is 0 Å². The van der Waals surface area contributed by atoms with Crippen LogP contribution in [0.25, 0.3) is 34.1 Å². The number of pyridine rings is 2. The molecular weight excluding hydrogens is 578 g/mol. The Kier molecular flexibility index (Phi) is 6.45. The summed E-state index contributed by atoms with van der Waals surface area (Å²) in [5, 5.41) is 7.61. The number of carbonyl (C=O) groups excluding carboxylic acids is 2. The van der Waals surface area contributed by atoms with E-state index in [4.69, 9.17) is 15.7 Å². The fourth-order valence-corrected chi connectivity index (χ4v) is 6.56. The largest absolute Gasteiger partial charge is 0.383 e. The van der Waals surface area contributed by atoms with Gasteiger partial charge in [0, 0.05) is 42.9 Å². The molecule has 226 valence electrons. The van der Waals surface area contributed by atoms with E-state index in [2.05, 4.69) is 34.1 Å². The monoisotopic (exact) mass is 607 g/mol. The third-order valence-corrected chi connectivity index (χ3v) is 8.79. The van der Waals surface area contributed by atoms with Gasteiger partial charge in [-0.2, -0.15) is 5.10 Å². The highest BCUT2D eigenvalue weighted by Crippen LogP contribution is 2.36. The number of imidazole rings is 1. The normalized spacial score (nSPS) is 15.1. The van der Waals surface area contributed by atoms with Gasteiger partial charge in [-0.1, -0.05) is 24.8 Å². The summed E-state index contributed by atoms with van der Waals surface area (Å²) in [6.45, 7) is 4.47. The molecule has 1 aliphatic heterocycles. The number of amides is 2. The second kappa shape index (κ2) is 10.8. The van der Waals surface area contributed by atoms with Gasteiger partial charge in [0.15, 0.2) is 17.3 Å². The molecule has 5 heterocycles. The summed E-state index contributed by atoms with van der Waals surface area (Å²) in [4.78, 5) is 41.7. The van der Waals surface area contributed by atoms with E-state index in [1.165, 1.54) is 6.08 Å². The van der Waals surface area contributed by atoms with E-state index < -0.39 is 0 Å². The molecule has 6 aromatic rings. The number of carbonyl (C=O) groups is 2. The van der Waals surface area contributed by atoms with Crippen LogP contribution in [0.1, 0.15) is 45.1 Å². The number of rotatable bonds is 6. The highest BCUT2D eigenvalue weighted by molar-refractivity contribution is 5.97. The third-order valence-electron chi connectivity index (χ3n) is 8.79. The fourth-order valence-electron chi connectivity index (χ4n) is 6.56. The predicted molar refractivity (Wildman–Crippen MR) is 173 cm³/mol. The van der Waals surface area contributed by atoms with Crippen molar-refractivity contribution in [1.82, 2.24) is 39.5 Å². The number of benzene rings is 2. The molecule has 4 aromatic heterocycles. The molecule has 3 N–H and O–H groups in total. The van der Waals surface area contributed by atoms with Crippen molar-refractivity contribution in [2.45, 2.75) is 32.0 Å². The molecule has 0 spiro atoms. The summed E-state index contributed by atoms with van der Waals surface area (Å²) >= 11 is 0. The van der Waals surface area contributed by atoms with E-state index >= 15 is 0 Å². The van der Waals surface area contributed by atoms with E-state index in [1.807, 2.05) is 65.4 Å². The summed E-state index contributed by atoms with van der Waals surface area (Å²) in [5.41, 5.74) is 14.0. The lowest BCUT2D eigenvalue weighted by Gasteiger charge is -2.17. The Bertz CT molecular complexity index is 2180. The lowest BCUT2D eigenvalue weighted by atomic mass is 10.0. The maximum absolute atomic E-state index is 13.6. The molecule has 1 atom stereocenters. The van der Waals surface area contributed by atoms with Crippen molar-refractivity contribution in [2.75, 3.05) is 5.73 Å². The number of hydrogen-bond acceptors (Lipinski definition) is 7. The Balaban J connectivity index is 1.14. The quantitative estimate of drug-likeness (QED) is 0.262. The number of nitrogens with zero attached hydrogens (tertiary/aromatic N) is 7. The Labute approximate surface area is 264 Å². The van der Waals surface area contributed by atoms with Crippen LogP contribution in [0, 0.1) is 0 Å². The van der Waals surface area contributed by atoms with Gasteiger partial charge in [0.1, 0.15) is 11.3 Å². The van der Waals surface area contributed by atoms with Crippen molar-refractivity contribution in [3.05, 3.63) is 126 Å². The van der Waals surface area contributed by atoms with Crippen LogP contribution in [0.5, 0.6) is 0 Å². The van der Waals surface area contributed by atoms with Crippen LogP contribution in [0.4, 0.5) is 5.82 Å². The number of nitrogens with two attached hydrogens (primary N) is 1. The van der Waals surface area contributed by atoms with Crippen LogP contribution in [0.15, 0.2) is 98.0 Å². The van der Waals surface area contributed by atoms with Gasteiger partial charge in [-0.3, -0.25) is 14.2 Å². The van der Waals surface area contributed by atoms with Gasteiger partial charge in [0.25, 0.3) is 5.91 Å². The van der Waals surface area contributed by atoms with Gasteiger partial charge < -0.3 is 16.0 Å². The first-order valence-corrected chi connectivity index (χ1v) is 15.0. The topological polar surface area (TPSA) is 137 Å². The molecule has 2 amide bonds. The zero-order valence-electron chi connectivity index (χ0n) is 24.8. The standard InChI is InChI=1S/C35H29N9O2/c1-2-31(45)42-19-22-6-3-7-25(27(22)20-42)35(46)40-28-12-9-21-18-23(10-11-24(21)28)44-33(26-8-4-15-37-32(26)36)39-29-13-14-30(41-34(29)44)43-17-5-16-38-43/h2-8,10-11,13-18,28H,1,9,12,19-20H2,(H2,36,37)(H,40,46)/t28-/m0/s1. The lowest BCUT2D eigenvalue weighted by Crippen LogP contribution is -2.28. The van der Waals surface area contributed by atoms with Crippen LogP contribution in [0.3, 0.4) is 0 Å². The molecular formula is C35H29N9O2. The first-order chi connectivity index (χ1) is 22.5. The molecule has 2 aliphatic rings. The molecule has 2 aromatic carbocycles. The zero-order valence-corrected chi connectivity index (χ0v) is 24.8. The Morgan fingerprint density at radius 2 is 1.89 bits per heavy atom. The predicted octanol–water partition coefficient (Wildman–Crippen LogP) is 4.70. The molecule has 0 bridgehead atoms. The van der Waals surface area contributed by atoms with Crippen LogP contribution < -0.4 is 11.1 Å². The number of aromatic nitrogens is 6. The van der Waals surface area contributed by atoms with E-state index in [-0.39, 0.29) is 17.9 Å². The fraction of sp³-hybridized carbons (Fsp3) is 0.143. The zero-order chi connectivity index (χ0) is 31.4. The lowest BCUT2D eigenvalue weighted by molar-refractivity contribution is -0.126. The third kappa shape index (κ3) is 4.52. The second-order valence-electron chi connectivity index (χ2n) is 11.5. The first-order valence-electron chi connectivity index (χ1n) is 15.0. The van der Waals surface area contributed by atoms with E-state index in [1.54, 1.807) is 22.0 Å². The minimum Gasteiger partial charge on any atom is -0.383 e. The highest BCUT2D eigenvalue weighted by atomic mass is 16.2. The van der Waals surface area contributed by atoms with Gasteiger partial charge in [0.2, 0.25) is 5.91 Å². The van der Waals surface area contributed by atoms with Crippen molar-refractivity contribution in [2.24, 2.45) is 0 Å². The molecule has 0 saturated heterocycles. The minimum absolute atomic E-state index is 0.141. The van der Waals surface area contributed by atoms with Crippen molar-refractivity contribution in [1.29, 1.82) is 0 Å². The van der Waals surface area contributed by atoms with Gasteiger partial charge in [-0.25, -0.2) is 19.6 Å². The Hall–Kier alpha value is -6.10. The van der Waals surface area contributed by atoms with E-state index in [0.717, 1.165) is 40.8 Å². The van der Waals surface area contributed by atoms with E-state index in [9.17, 15) is 9.59 Å². The SMILES string of the molecule is C=CC(=O)N1Cc2cccc(C(=O)N[C@H]3CCc4cc(-n5c(-c6cccnc6N)nc6ccc(-n7cccn7)nc65)ccc43)c2C1. The molecule has 0 fully saturated rings. The maximum atomic E-state index is 13.6. The van der Waals surface area contributed by atoms with Crippen LogP contribution in [-0.2, 0) is 24.3 Å². The summed E-state index contributed by atoms with van der Waals surface area (Å²) in [7, 11) is 0. The Morgan fingerprint density at radius 3 is 2.72 bits per heavy atom. The average Bonchev–Trinajstić information content (AvgIpc) is 3.89. The molecule has 0 unspecified atom stereocenters. The second-order valence-corrected chi connectivity index (χ2v) is 11.5. The summed E-state index contributed by atoms with van der Waals surface area (Å²) in [6, 6.07) is 21.2. The smallest absolute Gasteiger partial charge is 0.252 e. The van der Waals surface area contributed by atoms with Crippen molar-refractivity contribution < 1.29 is 9.59 Å². The van der Waals surface area contributed by atoms with Gasteiger partial charge in [-0.05, 0) is 89.7 Å². The van der Waals surface area contributed by atoms with E-state index in [0.29, 0.717) is 52.8 Å². The molecule has 0 saturated carbocycles. The van der Waals surface area contributed by atoms with Gasteiger partial charge in [0.05, 0.1) is 11.6 Å². The first kappa shape index (κ1) is 27.4. The maximum Gasteiger partial charge on any atom is 0.252 e. The molecule has 46 heavy (non-hydrogen) atoms. The number of aryl methyl sites for hydroxylation is 1. The summed E-state index contributed by atoms with van der Waals surface area (Å²) in [5.74, 6) is 1.39. The molecule has 0 radical (unpaired) electrons. The number of nitrogen functional groups attached to an aromatic ring is 1. The van der Waals surface area contributed by atoms with Crippen molar-refractivity contribution in [3.63, 3.8) is 0 Å². The van der Waals surface area contributed by atoms with Crippen molar-refractivity contribution >= 4 is 28.8 Å².